The summed E-state index contributed by atoms with van der Waals surface area (Å²) in [6.45, 7) is 2.33. The van der Waals surface area contributed by atoms with Crippen LogP contribution in [0.1, 0.15) is 18.2 Å². The second-order valence-corrected chi connectivity index (χ2v) is 6.43. The summed E-state index contributed by atoms with van der Waals surface area (Å²) in [6, 6.07) is 11.9. The van der Waals surface area contributed by atoms with Gasteiger partial charge in [-0.1, -0.05) is 19.1 Å². The van der Waals surface area contributed by atoms with Crippen molar-refractivity contribution in [3.63, 3.8) is 0 Å². The van der Waals surface area contributed by atoms with E-state index in [9.17, 15) is 8.42 Å². The number of rotatable bonds is 6. The van der Waals surface area contributed by atoms with Gasteiger partial charge in [0.15, 0.2) is 0 Å². The first-order chi connectivity index (χ1) is 10.1. The molecular weight excluding hydrogens is 288 g/mol. The molecule has 0 fully saturated rings. The van der Waals surface area contributed by atoms with E-state index in [1.807, 2.05) is 6.07 Å². The zero-order chi connectivity index (χ0) is 15.3. The van der Waals surface area contributed by atoms with Crippen LogP contribution in [-0.4, -0.2) is 19.3 Å². The van der Waals surface area contributed by atoms with Gasteiger partial charge in [0.1, 0.15) is 5.76 Å². The normalized spacial score (nSPS) is 11.5. The lowest BCUT2D eigenvalue weighted by Crippen LogP contribution is -2.30. The molecule has 110 valence electrons. The van der Waals surface area contributed by atoms with Gasteiger partial charge in [-0.2, -0.15) is 9.57 Å². The molecule has 0 N–H and O–H groups in total. The van der Waals surface area contributed by atoms with E-state index < -0.39 is 10.0 Å². The number of sulfonamides is 1. The van der Waals surface area contributed by atoms with Gasteiger partial charge in [0.2, 0.25) is 10.0 Å². The van der Waals surface area contributed by atoms with Crippen molar-refractivity contribution in [3.8, 4) is 6.07 Å². The first-order valence-electron chi connectivity index (χ1n) is 6.56. The Balaban J connectivity index is 2.24. The molecule has 0 aliphatic carbocycles. The van der Waals surface area contributed by atoms with E-state index in [-0.39, 0.29) is 17.9 Å². The molecule has 0 unspecified atom stereocenters. The lowest BCUT2D eigenvalue weighted by molar-refractivity contribution is 0.375. The van der Waals surface area contributed by atoms with Crippen molar-refractivity contribution in [3.05, 3.63) is 54.0 Å². The Labute approximate surface area is 124 Å². The number of nitriles is 1. The van der Waals surface area contributed by atoms with Crippen LogP contribution in [0.3, 0.4) is 0 Å². The van der Waals surface area contributed by atoms with E-state index in [1.165, 1.54) is 22.7 Å². The highest BCUT2D eigenvalue weighted by molar-refractivity contribution is 7.89. The molecule has 0 amide bonds. The number of nitrogens with zero attached hydrogens (tertiary/aromatic N) is 2. The smallest absolute Gasteiger partial charge is 0.243 e. The van der Waals surface area contributed by atoms with Crippen LogP contribution in [-0.2, 0) is 23.0 Å². The highest BCUT2D eigenvalue weighted by atomic mass is 32.2. The summed E-state index contributed by atoms with van der Waals surface area (Å²) in [4.78, 5) is 0.220. The third kappa shape index (κ3) is 3.51. The Hall–Kier alpha value is -2.10. The van der Waals surface area contributed by atoms with Gasteiger partial charge in [-0.3, -0.25) is 0 Å². The largest absolute Gasteiger partial charge is 0.468 e. The molecule has 0 aliphatic heterocycles. The van der Waals surface area contributed by atoms with Crippen molar-refractivity contribution >= 4 is 10.0 Å². The molecule has 1 heterocycles. The second-order valence-electron chi connectivity index (χ2n) is 4.49. The molecule has 5 nitrogen and oxygen atoms in total. The van der Waals surface area contributed by atoms with E-state index in [1.54, 1.807) is 31.2 Å². The van der Waals surface area contributed by atoms with Gasteiger partial charge in [0.05, 0.1) is 30.2 Å². The zero-order valence-electron chi connectivity index (χ0n) is 11.7. The van der Waals surface area contributed by atoms with Crippen LogP contribution in [0.15, 0.2) is 52.0 Å². The predicted octanol–water partition coefficient (Wildman–Crippen LogP) is 2.56. The molecule has 2 aromatic rings. The summed E-state index contributed by atoms with van der Waals surface area (Å²) in [5.41, 5.74) is 0.797. The Morgan fingerprint density at radius 2 is 1.95 bits per heavy atom. The highest BCUT2D eigenvalue weighted by Gasteiger charge is 2.23. The molecule has 0 saturated carbocycles. The quantitative estimate of drug-likeness (QED) is 0.822. The van der Waals surface area contributed by atoms with Crippen LogP contribution in [0, 0.1) is 11.3 Å². The van der Waals surface area contributed by atoms with Gasteiger partial charge in [0, 0.05) is 6.54 Å². The topological polar surface area (TPSA) is 74.3 Å². The summed E-state index contributed by atoms with van der Waals surface area (Å²) in [5.74, 6) is 0.599. The Kier molecular flexibility index (Phi) is 4.78. The maximum Gasteiger partial charge on any atom is 0.243 e. The molecular formula is C15H16N2O3S. The van der Waals surface area contributed by atoms with Crippen molar-refractivity contribution < 1.29 is 12.8 Å². The van der Waals surface area contributed by atoms with Crippen molar-refractivity contribution in [2.75, 3.05) is 6.54 Å². The fraction of sp³-hybridized carbons (Fsp3) is 0.267. The molecule has 0 aliphatic rings. The van der Waals surface area contributed by atoms with Gasteiger partial charge < -0.3 is 4.42 Å². The minimum atomic E-state index is -3.57. The number of hydrogen-bond donors (Lipinski definition) is 0. The summed E-state index contributed by atoms with van der Waals surface area (Å²) in [7, 11) is -3.57. The fourth-order valence-electron chi connectivity index (χ4n) is 1.96. The van der Waals surface area contributed by atoms with Crippen molar-refractivity contribution in [1.82, 2.24) is 4.31 Å². The van der Waals surface area contributed by atoms with Gasteiger partial charge in [-0.25, -0.2) is 8.42 Å². The third-order valence-corrected chi connectivity index (χ3v) is 5.04. The molecule has 0 bridgehead atoms. The average Bonchev–Trinajstić information content (AvgIpc) is 2.98. The van der Waals surface area contributed by atoms with Crippen LogP contribution in [0.25, 0.3) is 0 Å². The third-order valence-electron chi connectivity index (χ3n) is 3.11. The minimum absolute atomic E-state index is 0.200. The van der Waals surface area contributed by atoms with Crippen LogP contribution < -0.4 is 0 Å². The molecule has 21 heavy (non-hydrogen) atoms. The molecule has 6 heteroatoms. The van der Waals surface area contributed by atoms with Crippen molar-refractivity contribution in [2.45, 2.75) is 24.8 Å². The van der Waals surface area contributed by atoms with Gasteiger partial charge in [-0.15, -0.1) is 0 Å². The lowest BCUT2D eigenvalue weighted by Gasteiger charge is -2.19. The summed E-state index contributed by atoms with van der Waals surface area (Å²) in [6.07, 6.45) is 1.79. The second kappa shape index (κ2) is 6.57. The van der Waals surface area contributed by atoms with E-state index in [0.717, 1.165) is 5.56 Å². The molecule has 0 atom stereocenters. The monoisotopic (exact) mass is 304 g/mol. The van der Waals surface area contributed by atoms with Crippen LogP contribution in [0.4, 0.5) is 0 Å². The molecule has 1 aromatic carbocycles. The predicted molar refractivity (Wildman–Crippen MR) is 77.7 cm³/mol. The van der Waals surface area contributed by atoms with E-state index in [0.29, 0.717) is 12.3 Å². The summed E-state index contributed by atoms with van der Waals surface area (Å²) in [5, 5.41) is 8.63. The fourth-order valence-corrected chi connectivity index (χ4v) is 3.38. The van der Waals surface area contributed by atoms with Crippen LogP contribution >= 0.6 is 0 Å². The number of benzene rings is 1. The van der Waals surface area contributed by atoms with Gasteiger partial charge in [0.25, 0.3) is 0 Å². The standard InChI is InChI=1S/C15H16N2O3S/c1-2-17(12-14-4-3-11-20-14)21(18,19)15-7-5-13(6-8-15)9-10-16/h3-8,11H,2,9,12H2,1H3. The summed E-state index contributed by atoms with van der Waals surface area (Å²) >= 11 is 0. The molecule has 0 saturated heterocycles. The maximum atomic E-state index is 12.6. The first-order valence-corrected chi connectivity index (χ1v) is 8.00. The van der Waals surface area contributed by atoms with Crippen molar-refractivity contribution in [1.29, 1.82) is 5.26 Å². The Bertz CT molecular complexity index is 713. The van der Waals surface area contributed by atoms with E-state index in [2.05, 4.69) is 0 Å². The molecule has 1 aromatic heterocycles. The average molecular weight is 304 g/mol. The minimum Gasteiger partial charge on any atom is -0.468 e. The van der Waals surface area contributed by atoms with Gasteiger partial charge in [-0.05, 0) is 29.8 Å². The van der Waals surface area contributed by atoms with E-state index >= 15 is 0 Å². The summed E-state index contributed by atoms with van der Waals surface area (Å²) < 4.78 is 31.7. The SMILES string of the molecule is CCN(Cc1ccco1)S(=O)(=O)c1ccc(CC#N)cc1. The molecule has 2 rings (SSSR count). The van der Waals surface area contributed by atoms with Crippen molar-refractivity contribution in [2.24, 2.45) is 0 Å². The van der Waals surface area contributed by atoms with Crippen LogP contribution in [0.2, 0.25) is 0 Å². The maximum absolute atomic E-state index is 12.6. The molecule has 0 radical (unpaired) electrons. The lowest BCUT2D eigenvalue weighted by atomic mass is 10.2. The van der Waals surface area contributed by atoms with E-state index in [4.69, 9.17) is 9.68 Å². The Morgan fingerprint density at radius 3 is 2.48 bits per heavy atom. The number of furan rings is 1. The zero-order valence-corrected chi connectivity index (χ0v) is 12.5. The van der Waals surface area contributed by atoms with Gasteiger partial charge >= 0.3 is 0 Å². The van der Waals surface area contributed by atoms with Crippen LogP contribution in [0.5, 0.6) is 0 Å². The molecule has 0 spiro atoms. The number of hydrogen-bond acceptors (Lipinski definition) is 4. The Morgan fingerprint density at radius 1 is 1.24 bits per heavy atom. The first kappa shape index (κ1) is 15.3. The highest BCUT2D eigenvalue weighted by Crippen LogP contribution is 2.19.